The Morgan fingerprint density at radius 2 is 2.15 bits per heavy atom. The molecule has 20 heavy (non-hydrogen) atoms. The monoisotopic (exact) mass is 296 g/mol. The maximum atomic E-state index is 11.1. The average molecular weight is 296 g/mol. The van der Waals surface area contributed by atoms with E-state index in [2.05, 4.69) is 10.7 Å². The molecule has 0 saturated heterocycles. The smallest absolute Gasteiger partial charge is 0.309 e. The van der Waals surface area contributed by atoms with E-state index in [1.54, 1.807) is 11.3 Å². The topological polar surface area (TPSA) is 81.4 Å². The lowest BCUT2D eigenvalue weighted by Crippen LogP contribution is -2.37. The molecule has 0 atom stereocenters. The second kappa shape index (κ2) is 6.74. The molecule has 3 N–H and O–H groups in total. The number of primary amides is 1. The molecule has 5 nitrogen and oxygen atoms in total. The van der Waals surface area contributed by atoms with Crippen molar-refractivity contribution in [2.75, 3.05) is 6.54 Å². The van der Waals surface area contributed by atoms with Crippen LogP contribution in [0.15, 0.2) is 5.38 Å². The van der Waals surface area contributed by atoms with Crippen molar-refractivity contribution in [3.8, 4) is 5.75 Å². The molecule has 0 bridgehead atoms. The Balaban J connectivity index is 1.91. The van der Waals surface area contributed by atoms with E-state index in [1.165, 1.54) is 12.8 Å². The Kier molecular flexibility index (Phi) is 5.00. The van der Waals surface area contributed by atoms with Crippen molar-refractivity contribution in [1.29, 1.82) is 0 Å². The van der Waals surface area contributed by atoms with Gasteiger partial charge in [-0.25, -0.2) is 0 Å². The highest BCUT2D eigenvalue weighted by molar-refractivity contribution is 7.10. The molecule has 1 saturated carbocycles. The Labute approximate surface area is 122 Å². The van der Waals surface area contributed by atoms with Crippen LogP contribution in [0.2, 0.25) is 0 Å². The summed E-state index contributed by atoms with van der Waals surface area (Å²) in [4.78, 5) is 22.8. The van der Waals surface area contributed by atoms with E-state index in [0.717, 1.165) is 29.0 Å². The van der Waals surface area contributed by atoms with Gasteiger partial charge >= 0.3 is 11.8 Å². The summed E-state index contributed by atoms with van der Waals surface area (Å²) < 4.78 is 6.09. The minimum atomic E-state index is -0.949. The maximum Gasteiger partial charge on any atom is 0.309 e. The fourth-order valence-corrected chi connectivity index (χ4v) is 3.33. The lowest BCUT2D eigenvalue weighted by Gasteiger charge is -2.15. The molecule has 1 aliphatic rings. The van der Waals surface area contributed by atoms with Gasteiger partial charge in [0.15, 0.2) is 0 Å². The van der Waals surface area contributed by atoms with Crippen LogP contribution in [0, 0.1) is 6.92 Å². The second-order valence-corrected chi connectivity index (χ2v) is 6.03. The lowest BCUT2D eigenvalue weighted by molar-refractivity contribution is -0.137. The van der Waals surface area contributed by atoms with Gasteiger partial charge in [-0.2, -0.15) is 0 Å². The third-order valence-electron chi connectivity index (χ3n) is 3.44. The van der Waals surface area contributed by atoms with Crippen molar-refractivity contribution < 1.29 is 14.3 Å². The summed E-state index contributed by atoms with van der Waals surface area (Å²) in [5.41, 5.74) is 6.02. The van der Waals surface area contributed by atoms with E-state index in [1.807, 2.05) is 6.92 Å². The lowest BCUT2D eigenvalue weighted by atomic mass is 10.2. The molecule has 2 rings (SSSR count). The zero-order chi connectivity index (χ0) is 14.5. The zero-order valence-corrected chi connectivity index (χ0v) is 12.4. The Bertz CT molecular complexity index is 493. The van der Waals surface area contributed by atoms with Crippen molar-refractivity contribution in [1.82, 2.24) is 5.32 Å². The fraction of sp³-hybridized carbons (Fsp3) is 0.571. The van der Waals surface area contributed by atoms with E-state index in [9.17, 15) is 9.59 Å². The normalized spacial score (nSPS) is 15.2. The predicted octanol–water partition coefficient (Wildman–Crippen LogP) is 1.52. The van der Waals surface area contributed by atoms with Crippen molar-refractivity contribution >= 4 is 23.2 Å². The van der Waals surface area contributed by atoms with Crippen LogP contribution in [0.5, 0.6) is 5.75 Å². The zero-order valence-electron chi connectivity index (χ0n) is 11.6. The van der Waals surface area contributed by atoms with Crippen LogP contribution < -0.4 is 15.8 Å². The third-order valence-corrected chi connectivity index (χ3v) is 4.58. The number of rotatable bonds is 5. The number of amides is 2. The number of hydrogen-bond donors (Lipinski definition) is 2. The third kappa shape index (κ3) is 3.72. The summed E-state index contributed by atoms with van der Waals surface area (Å²) in [6, 6.07) is 0. The van der Waals surface area contributed by atoms with Crippen LogP contribution in [0.4, 0.5) is 0 Å². The maximum absolute atomic E-state index is 11.1. The SMILES string of the molecule is Cc1csc(CCNC(=O)C(N)=O)c1OC1CCCC1. The summed E-state index contributed by atoms with van der Waals surface area (Å²) >= 11 is 1.63. The van der Waals surface area contributed by atoms with E-state index < -0.39 is 11.8 Å². The summed E-state index contributed by atoms with van der Waals surface area (Å²) in [5, 5.41) is 4.56. The summed E-state index contributed by atoms with van der Waals surface area (Å²) in [7, 11) is 0. The van der Waals surface area contributed by atoms with Gasteiger partial charge in [0.2, 0.25) is 0 Å². The van der Waals surface area contributed by atoms with Gasteiger partial charge in [-0.15, -0.1) is 11.3 Å². The van der Waals surface area contributed by atoms with Crippen LogP contribution in [0.3, 0.4) is 0 Å². The summed E-state index contributed by atoms with van der Waals surface area (Å²) in [6.07, 6.45) is 5.68. The number of thiophene rings is 1. The molecule has 0 aliphatic heterocycles. The van der Waals surface area contributed by atoms with E-state index in [4.69, 9.17) is 10.5 Å². The van der Waals surface area contributed by atoms with Crippen LogP contribution >= 0.6 is 11.3 Å². The van der Waals surface area contributed by atoms with Gasteiger partial charge in [0.25, 0.3) is 0 Å². The molecule has 6 heteroatoms. The number of ether oxygens (including phenoxy) is 1. The Morgan fingerprint density at radius 3 is 2.80 bits per heavy atom. The molecule has 0 unspecified atom stereocenters. The highest BCUT2D eigenvalue weighted by atomic mass is 32.1. The molecule has 1 aromatic rings. The number of carbonyl (C=O) groups excluding carboxylic acids is 2. The Hall–Kier alpha value is -1.56. The van der Waals surface area contributed by atoms with Gasteiger partial charge in [-0.3, -0.25) is 9.59 Å². The highest BCUT2D eigenvalue weighted by Crippen LogP contribution is 2.34. The number of nitrogens with two attached hydrogens (primary N) is 1. The highest BCUT2D eigenvalue weighted by Gasteiger charge is 2.20. The molecular formula is C14H20N2O3S. The quantitative estimate of drug-likeness (QED) is 0.808. The minimum Gasteiger partial charge on any atom is -0.489 e. The number of nitrogens with one attached hydrogen (secondary N) is 1. The summed E-state index contributed by atoms with van der Waals surface area (Å²) in [5.74, 6) is -0.735. The van der Waals surface area contributed by atoms with E-state index >= 15 is 0 Å². The largest absolute Gasteiger partial charge is 0.489 e. The molecule has 1 aliphatic carbocycles. The number of aryl methyl sites for hydroxylation is 1. The van der Waals surface area contributed by atoms with Crippen LogP contribution in [0.25, 0.3) is 0 Å². The van der Waals surface area contributed by atoms with Crippen molar-refractivity contribution in [2.24, 2.45) is 5.73 Å². The first kappa shape index (κ1) is 14.8. The molecule has 1 fully saturated rings. The number of carbonyl (C=O) groups is 2. The van der Waals surface area contributed by atoms with Gasteiger partial charge in [-0.1, -0.05) is 0 Å². The first-order valence-corrected chi connectivity index (χ1v) is 7.77. The fourth-order valence-electron chi connectivity index (χ4n) is 2.37. The second-order valence-electron chi connectivity index (χ2n) is 5.07. The first-order valence-electron chi connectivity index (χ1n) is 6.89. The van der Waals surface area contributed by atoms with Gasteiger partial charge < -0.3 is 15.8 Å². The van der Waals surface area contributed by atoms with Gasteiger partial charge in [0.05, 0.1) is 6.10 Å². The first-order chi connectivity index (χ1) is 9.58. The van der Waals surface area contributed by atoms with Crippen molar-refractivity contribution in [2.45, 2.75) is 45.1 Å². The predicted molar refractivity (Wildman–Crippen MR) is 77.8 cm³/mol. The van der Waals surface area contributed by atoms with Crippen LogP contribution in [-0.2, 0) is 16.0 Å². The minimum absolute atomic E-state index is 0.322. The van der Waals surface area contributed by atoms with Gasteiger partial charge in [0.1, 0.15) is 5.75 Å². The van der Waals surface area contributed by atoms with Gasteiger partial charge in [-0.05, 0) is 38.0 Å². The Morgan fingerprint density at radius 1 is 1.45 bits per heavy atom. The molecule has 1 heterocycles. The van der Waals surface area contributed by atoms with Crippen LogP contribution in [0.1, 0.15) is 36.1 Å². The molecule has 1 aromatic heterocycles. The molecule has 0 aromatic carbocycles. The van der Waals surface area contributed by atoms with E-state index in [-0.39, 0.29) is 0 Å². The van der Waals surface area contributed by atoms with Crippen molar-refractivity contribution in [3.63, 3.8) is 0 Å². The molecule has 110 valence electrons. The van der Waals surface area contributed by atoms with Gasteiger partial charge in [0, 0.05) is 23.4 Å². The van der Waals surface area contributed by atoms with Crippen molar-refractivity contribution in [3.05, 3.63) is 15.8 Å². The summed E-state index contributed by atoms with van der Waals surface area (Å²) in [6.45, 7) is 2.43. The molecular weight excluding hydrogens is 276 g/mol. The van der Waals surface area contributed by atoms with E-state index in [0.29, 0.717) is 19.1 Å². The molecule has 0 spiro atoms. The average Bonchev–Trinajstić information content (AvgIpc) is 3.03. The standard InChI is InChI=1S/C14H20N2O3S/c1-9-8-20-11(6-7-16-14(18)13(15)17)12(9)19-10-4-2-3-5-10/h8,10H,2-7H2,1H3,(H2,15,17)(H,16,18). The van der Waals surface area contributed by atoms with Crippen LogP contribution in [-0.4, -0.2) is 24.5 Å². The number of hydrogen-bond acceptors (Lipinski definition) is 4. The molecule has 2 amide bonds. The molecule has 0 radical (unpaired) electrons.